The highest BCUT2D eigenvalue weighted by Gasteiger charge is 2.27. The van der Waals surface area contributed by atoms with Crippen molar-refractivity contribution < 1.29 is 29.3 Å². The highest BCUT2D eigenvalue weighted by atomic mass is 16.7. The minimum Gasteiger partial charge on any atom is -0.467 e. The first-order valence-electron chi connectivity index (χ1n) is 3.10. The fraction of sp³-hybridized carbons (Fsp3) is 0.667. The molecule has 6 nitrogen and oxygen atoms in total. The molecular formula is C6H10O6. The van der Waals surface area contributed by atoms with E-state index in [1.165, 1.54) is 0 Å². The van der Waals surface area contributed by atoms with E-state index in [0.717, 1.165) is 14.0 Å². The SMILES string of the molecule is COC(=O)[C@H](O)[C@H](O)OC(C)=O. The molecule has 12 heavy (non-hydrogen) atoms. The molecule has 6 heteroatoms. The van der Waals surface area contributed by atoms with Gasteiger partial charge in [-0.1, -0.05) is 0 Å². The number of aliphatic hydroxyl groups excluding tert-OH is 2. The molecule has 0 fully saturated rings. The van der Waals surface area contributed by atoms with Crippen LogP contribution >= 0.6 is 0 Å². The maximum absolute atomic E-state index is 10.5. The summed E-state index contributed by atoms with van der Waals surface area (Å²) in [5.41, 5.74) is 0. The lowest BCUT2D eigenvalue weighted by atomic mass is 10.3. The summed E-state index contributed by atoms with van der Waals surface area (Å²) in [6.45, 7) is 1.03. The predicted octanol–water partition coefficient (Wildman–Crippen LogP) is -1.60. The molecule has 0 aromatic carbocycles. The van der Waals surface area contributed by atoms with E-state index in [0.29, 0.717) is 0 Å². The lowest BCUT2D eigenvalue weighted by molar-refractivity contribution is -0.194. The summed E-state index contributed by atoms with van der Waals surface area (Å²) < 4.78 is 8.18. The monoisotopic (exact) mass is 178 g/mol. The van der Waals surface area contributed by atoms with Crippen LogP contribution in [0.1, 0.15) is 6.92 Å². The van der Waals surface area contributed by atoms with E-state index < -0.39 is 24.3 Å². The fourth-order valence-electron chi connectivity index (χ4n) is 0.472. The molecule has 0 aliphatic carbocycles. The second-order valence-electron chi connectivity index (χ2n) is 1.97. The van der Waals surface area contributed by atoms with Crippen molar-refractivity contribution in [2.45, 2.75) is 19.3 Å². The number of carbonyl (C=O) groups is 2. The van der Waals surface area contributed by atoms with Gasteiger partial charge in [0.2, 0.25) is 12.4 Å². The van der Waals surface area contributed by atoms with Crippen LogP contribution in [0.4, 0.5) is 0 Å². The zero-order valence-corrected chi connectivity index (χ0v) is 6.68. The van der Waals surface area contributed by atoms with Crippen molar-refractivity contribution in [1.82, 2.24) is 0 Å². The summed E-state index contributed by atoms with van der Waals surface area (Å²) in [4.78, 5) is 20.7. The van der Waals surface area contributed by atoms with E-state index in [1.54, 1.807) is 0 Å². The molecule has 0 saturated heterocycles. The third kappa shape index (κ3) is 3.31. The number of ether oxygens (including phenoxy) is 2. The highest BCUT2D eigenvalue weighted by molar-refractivity contribution is 5.75. The van der Waals surface area contributed by atoms with E-state index in [-0.39, 0.29) is 0 Å². The molecule has 0 unspecified atom stereocenters. The van der Waals surface area contributed by atoms with Crippen LogP contribution in [-0.4, -0.2) is 41.7 Å². The first kappa shape index (κ1) is 10.9. The predicted molar refractivity (Wildman–Crippen MR) is 35.8 cm³/mol. The van der Waals surface area contributed by atoms with Crippen molar-refractivity contribution >= 4 is 11.9 Å². The van der Waals surface area contributed by atoms with Crippen molar-refractivity contribution in [3.8, 4) is 0 Å². The maximum atomic E-state index is 10.5. The first-order chi connectivity index (χ1) is 5.49. The van der Waals surface area contributed by atoms with Crippen LogP contribution in [0.25, 0.3) is 0 Å². The summed E-state index contributed by atoms with van der Waals surface area (Å²) >= 11 is 0. The number of rotatable bonds is 3. The molecule has 0 aliphatic rings. The lowest BCUT2D eigenvalue weighted by Crippen LogP contribution is -2.37. The minimum absolute atomic E-state index is 0.801. The molecule has 0 saturated carbocycles. The molecule has 70 valence electrons. The highest BCUT2D eigenvalue weighted by Crippen LogP contribution is 1.98. The minimum atomic E-state index is -1.88. The molecule has 0 heterocycles. The molecule has 0 aromatic heterocycles. The van der Waals surface area contributed by atoms with Gasteiger partial charge in [0.05, 0.1) is 7.11 Å². The van der Waals surface area contributed by atoms with E-state index in [9.17, 15) is 9.59 Å². The van der Waals surface area contributed by atoms with Gasteiger partial charge in [-0.3, -0.25) is 4.79 Å². The Labute approximate surface area is 68.7 Å². The second-order valence-corrected chi connectivity index (χ2v) is 1.97. The van der Waals surface area contributed by atoms with Crippen LogP contribution in [0.3, 0.4) is 0 Å². The Bertz CT molecular complexity index is 177. The Morgan fingerprint density at radius 3 is 2.17 bits per heavy atom. The summed E-state index contributed by atoms with van der Waals surface area (Å²) in [6.07, 6.45) is -3.74. The Balaban J connectivity index is 4.00. The Morgan fingerprint density at radius 2 is 1.83 bits per heavy atom. The van der Waals surface area contributed by atoms with Gasteiger partial charge in [0.25, 0.3) is 0 Å². The maximum Gasteiger partial charge on any atom is 0.341 e. The van der Waals surface area contributed by atoms with Crippen LogP contribution in [0, 0.1) is 0 Å². The topological polar surface area (TPSA) is 93.1 Å². The van der Waals surface area contributed by atoms with Crippen LogP contribution in [0.5, 0.6) is 0 Å². The summed E-state index contributed by atoms with van der Waals surface area (Å²) in [7, 11) is 1.03. The van der Waals surface area contributed by atoms with Gasteiger partial charge in [-0.2, -0.15) is 0 Å². The van der Waals surface area contributed by atoms with Crippen molar-refractivity contribution in [2.24, 2.45) is 0 Å². The third-order valence-corrected chi connectivity index (χ3v) is 0.999. The quantitative estimate of drug-likeness (QED) is 0.399. The van der Waals surface area contributed by atoms with Gasteiger partial charge in [-0.25, -0.2) is 4.79 Å². The largest absolute Gasteiger partial charge is 0.467 e. The van der Waals surface area contributed by atoms with E-state index in [2.05, 4.69) is 9.47 Å². The van der Waals surface area contributed by atoms with Gasteiger partial charge in [-0.15, -0.1) is 0 Å². The van der Waals surface area contributed by atoms with Gasteiger partial charge in [0.15, 0.2) is 0 Å². The van der Waals surface area contributed by atoms with E-state index >= 15 is 0 Å². The van der Waals surface area contributed by atoms with E-state index in [1.807, 2.05) is 0 Å². The molecule has 0 radical (unpaired) electrons. The summed E-state index contributed by atoms with van der Waals surface area (Å²) in [6, 6.07) is 0. The first-order valence-corrected chi connectivity index (χ1v) is 3.10. The van der Waals surface area contributed by atoms with E-state index in [4.69, 9.17) is 10.2 Å². The molecule has 0 amide bonds. The number of hydrogen-bond acceptors (Lipinski definition) is 6. The number of methoxy groups -OCH3 is 1. The zero-order chi connectivity index (χ0) is 9.72. The molecule has 2 N–H and O–H groups in total. The van der Waals surface area contributed by atoms with Crippen molar-refractivity contribution in [3.05, 3.63) is 0 Å². The van der Waals surface area contributed by atoms with Crippen molar-refractivity contribution in [1.29, 1.82) is 0 Å². The molecule has 0 spiro atoms. The molecule has 0 bridgehead atoms. The number of esters is 2. The third-order valence-electron chi connectivity index (χ3n) is 0.999. The van der Waals surface area contributed by atoms with Crippen LogP contribution in [-0.2, 0) is 19.1 Å². The average molecular weight is 178 g/mol. The van der Waals surface area contributed by atoms with Gasteiger partial charge in [0.1, 0.15) is 0 Å². The van der Waals surface area contributed by atoms with Gasteiger partial charge in [0, 0.05) is 6.92 Å². The lowest BCUT2D eigenvalue weighted by Gasteiger charge is -2.14. The van der Waals surface area contributed by atoms with Crippen LogP contribution in [0.15, 0.2) is 0 Å². The van der Waals surface area contributed by atoms with Crippen LogP contribution < -0.4 is 0 Å². The molecule has 2 atom stereocenters. The zero-order valence-electron chi connectivity index (χ0n) is 6.68. The Morgan fingerprint density at radius 1 is 1.33 bits per heavy atom. The second kappa shape index (κ2) is 4.68. The molecule has 0 rings (SSSR count). The smallest absolute Gasteiger partial charge is 0.341 e. The fourth-order valence-corrected chi connectivity index (χ4v) is 0.472. The Kier molecular flexibility index (Phi) is 4.24. The van der Waals surface area contributed by atoms with Crippen LogP contribution in [0.2, 0.25) is 0 Å². The van der Waals surface area contributed by atoms with Gasteiger partial charge < -0.3 is 19.7 Å². The average Bonchev–Trinajstić information content (AvgIpc) is 2.00. The number of hydrogen-bond donors (Lipinski definition) is 2. The standard InChI is InChI=1S/C6H10O6/c1-3(7)12-6(10)4(8)5(9)11-2/h4,6,8,10H,1-2H3/t4-,6+/m0/s1. The molecular weight excluding hydrogens is 168 g/mol. The molecule has 0 aromatic rings. The summed E-state index contributed by atoms with van der Waals surface area (Å²) in [5, 5.41) is 17.6. The van der Waals surface area contributed by atoms with Gasteiger partial charge >= 0.3 is 11.9 Å². The number of aliphatic hydroxyl groups is 2. The van der Waals surface area contributed by atoms with Crippen molar-refractivity contribution in [2.75, 3.05) is 7.11 Å². The number of carbonyl (C=O) groups excluding carboxylic acids is 2. The van der Waals surface area contributed by atoms with Gasteiger partial charge in [-0.05, 0) is 0 Å². The van der Waals surface area contributed by atoms with Crippen molar-refractivity contribution in [3.63, 3.8) is 0 Å². The summed E-state index contributed by atoms with van der Waals surface area (Å²) in [5.74, 6) is -1.87. The normalized spacial score (nSPS) is 14.7. The Hall–Kier alpha value is -1.14. The molecule has 0 aliphatic heterocycles.